The Morgan fingerprint density at radius 3 is 2.59 bits per heavy atom. The van der Waals surface area contributed by atoms with Gasteiger partial charge in [-0.1, -0.05) is 11.6 Å². The molecular weight excluding hydrogens is 250 g/mol. The average molecular weight is 268 g/mol. The molecule has 0 spiro atoms. The third kappa shape index (κ3) is 1.61. The van der Waals surface area contributed by atoms with Crippen molar-refractivity contribution in [1.82, 2.24) is 5.32 Å². The molecule has 92 valence electrons. The Morgan fingerprint density at radius 1 is 1.29 bits per heavy atom. The van der Waals surface area contributed by atoms with Crippen molar-refractivity contribution >= 4 is 22.9 Å². The molecule has 3 saturated carbocycles. The lowest BCUT2D eigenvalue weighted by atomic mass is 10.0. The van der Waals surface area contributed by atoms with Gasteiger partial charge in [0.25, 0.3) is 0 Å². The molecule has 0 amide bonds. The van der Waals surface area contributed by atoms with Gasteiger partial charge in [0, 0.05) is 17.0 Å². The molecule has 3 aliphatic rings. The van der Waals surface area contributed by atoms with E-state index in [1.165, 1.54) is 24.1 Å². The molecule has 0 saturated heterocycles. The first-order valence-electron chi connectivity index (χ1n) is 6.75. The molecule has 2 bridgehead atoms. The molecule has 4 rings (SSSR count). The maximum atomic E-state index is 6.00. The van der Waals surface area contributed by atoms with Crippen LogP contribution < -0.4 is 5.32 Å². The molecule has 3 heteroatoms. The van der Waals surface area contributed by atoms with E-state index < -0.39 is 0 Å². The predicted octanol–water partition coefficient (Wildman–Crippen LogP) is 4.10. The molecule has 17 heavy (non-hydrogen) atoms. The van der Waals surface area contributed by atoms with E-state index in [1.54, 1.807) is 11.3 Å². The molecule has 1 nitrogen and oxygen atoms in total. The number of fused-ring (bicyclic) bond motifs is 5. The van der Waals surface area contributed by atoms with E-state index in [1.807, 2.05) is 6.07 Å². The van der Waals surface area contributed by atoms with Gasteiger partial charge in [-0.25, -0.2) is 0 Å². The molecule has 0 radical (unpaired) electrons. The number of hydrogen-bond donors (Lipinski definition) is 1. The zero-order valence-corrected chi connectivity index (χ0v) is 11.6. The van der Waals surface area contributed by atoms with Gasteiger partial charge in [-0.2, -0.15) is 0 Å². The smallest absolute Gasteiger partial charge is 0.0931 e. The number of hydrogen-bond acceptors (Lipinski definition) is 2. The van der Waals surface area contributed by atoms with Crippen LogP contribution in [0.1, 0.15) is 37.1 Å². The van der Waals surface area contributed by atoms with Crippen LogP contribution in [-0.4, -0.2) is 6.04 Å². The Labute approximate surface area is 112 Å². The van der Waals surface area contributed by atoms with Gasteiger partial charge in [-0.3, -0.25) is 0 Å². The molecular formula is C14H18ClNS. The summed E-state index contributed by atoms with van der Waals surface area (Å²) in [5.41, 5.74) is 0. The molecule has 1 heterocycles. The van der Waals surface area contributed by atoms with Crippen LogP contribution in [0.25, 0.3) is 0 Å². The highest BCUT2D eigenvalue weighted by Crippen LogP contribution is 2.65. The van der Waals surface area contributed by atoms with E-state index in [4.69, 9.17) is 11.6 Å². The Morgan fingerprint density at radius 2 is 2.00 bits per heavy atom. The fourth-order valence-corrected chi connectivity index (χ4v) is 5.55. The predicted molar refractivity (Wildman–Crippen MR) is 72.5 cm³/mol. The average Bonchev–Trinajstić information content (AvgIpc) is 2.77. The summed E-state index contributed by atoms with van der Waals surface area (Å²) in [7, 11) is 0. The Kier molecular flexibility index (Phi) is 2.37. The largest absolute Gasteiger partial charge is 0.306 e. The van der Waals surface area contributed by atoms with Crippen LogP contribution in [0.2, 0.25) is 4.34 Å². The van der Waals surface area contributed by atoms with Crippen molar-refractivity contribution in [2.45, 2.75) is 38.3 Å². The molecule has 5 unspecified atom stereocenters. The van der Waals surface area contributed by atoms with E-state index in [2.05, 4.69) is 18.3 Å². The van der Waals surface area contributed by atoms with Gasteiger partial charge in [-0.15, -0.1) is 11.3 Å². The normalized spacial score (nSPS) is 43.8. The summed E-state index contributed by atoms with van der Waals surface area (Å²) in [6, 6.07) is 5.47. The lowest BCUT2D eigenvalue weighted by Gasteiger charge is -2.15. The fraction of sp³-hybridized carbons (Fsp3) is 0.714. The lowest BCUT2D eigenvalue weighted by Crippen LogP contribution is -2.25. The standard InChI is InChI=1S/C14H18ClNS/c1-7(10-4-5-11(15)17-10)16-14-12-8-2-3-9(6-8)13(12)14/h4-5,7-9,12-14,16H,2-3,6H2,1H3. The molecule has 1 aromatic heterocycles. The molecule has 1 aromatic rings. The van der Waals surface area contributed by atoms with Crippen molar-refractivity contribution in [3.63, 3.8) is 0 Å². The van der Waals surface area contributed by atoms with Gasteiger partial charge >= 0.3 is 0 Å². The highest BCUT2D eigenvalue weighted by molar-refractivity contribution is 7.16. The van der Waals surface area contributed by atoms with Crippen molar-refractivity contribution in [3.05, 3.63) is 21.3 Å². The topological polar surface area (TPSA) is 12.0 Å². The van der Waals surface area contributed by atoms with Crippen molar-refractivity contribution in [3.8, 4) is 0 Å². The summed E-state index contributed by atoms with van der Waals surface area (Å²) in [6.07, 6.45) is 4.54. The monoisotopic (exact) mass is 267 g/mol. The van der Waals surface area contributed by atoms with E-state index >= 15 is 0 Å². The van der Waals surface area contributed by atoms with E-state index in [-0.39, 0.29) is 0 Å². The molecule has 0 aromatic carbocycles. The first kappa shape index (κ1) is 10.8. The van der Waals surface area contributed by atoms with Gasteiger partial charge in [0.15, 0.2) is 0 Å². The van der Waals surface area contributed by atoms with Gasteiger partial charge < -0.3 is 5.32 Å². The van der Waals surface area contributed by atoms with Crippen LogP contribution in [-0.2, 0) is 0 Å². The van der Waals surface area contributed by atoms with Crippen LogP contribution in [0.3, 0.4) is 0 Å². The maximum Gasteiger partial charge on any atom is 0.0931 e. The number of halogens is 1. The van der Waals surface area contributed by atoms with Crippen LogP contribution in [0.5, 0.6) is 0 Å². The van der Waals surface area contributed by atoms with E-state index in [9.17, 15) is 0 Å². The lowest BCUT2D eigenvalue weighted by molar-refractivity contribution is 0.435. The SMILES string of the molecule is CC(NC1C2C3CCC(C3)C12)c1ccc(Cl)s1. The van der Waals surface area contributed by atoms with E-state index in [0.29, 0.717) is 6.04 Å². The first-order valence-corrected chi connectivity index (χ1v) is 7.95. The van der Waals surface area contributed by atoms with Crippen molar-refractivity contribution in [2.75, 3.05) is 0 Å². The van der Waals surface area contributed by atoms with Gasteiger partial charge in [0.05, 0.1) is 4.34 Å². The second-order valence-electron chi connectivity index (χ2n) is 6.04. The molecule has 3 fully saturated rings. The highest BCUT2D eigenvalue weighted by atomic mass is 35.5. The Bertz CT molecular complexity index is 427. The number of rotatable bonds is 3. The van der Waals surface area contributed by atoms with Crippen LogP contribution in [0.4, 0.5) is 0 Å². The zero-order valence-electron chi connectivity index (χ0n) is 10.0. The number of thiophene rings is 1. The highest BCUT2D eigenvalue weighted by Gasteiger charge is 2.64. The summed E-state index contributed by atoms with van der Waals surface area (Å²) in [5.74, 6) is 4.15. The molecule has 5 atom stereocenters. The van der Waals surface area contributed by atoms with Crippen LogP contribution in [0.15, 0.2) is 12.1 Å². The summed E-state index contributed by atoms with van der Waals surface area (Å²) in [6.45, 7) is 2.28. The second-order valence-corrected chi connectivity index (χ2v) is 7.79. The minimum Gasteiger partial charge on any atom is -0.306 e. The van der Waals surface area contributed by atoms with Gasteiger partial charge in [0.2, 0.25) is 0 Å². The molecule has 0 aliphatic heterocycles. The summed E-state index contributed by atoms with van der Waals surface area (Å²) in [5, 5.41) is 3.84. The second kappa shape index (κ2) is 3.72. The fourth-order valence-electron chi connectivity index (χ4n) is 4.48. The minimum atomic E-state index is 0.475. The number of nitrogens with one attached hydrogen (secondary N) is 1. The van der Waals surface area contributed by atoms with Crippen molar-refractivity contribution < 1.29 is 0 Å². The molecule has 1 N–H and O–H groups in total. The van der Waals surface area contributed by atoms with Crippen LogP contribution in [0, 0.1) is 23.7 Å². The first-order chi connectivity index (χ1) is 8.24. The van der Waals surface area contributed by atoms with Gasteiger partial charge in [-0.05, 0) is 62.0 Å². The van der Waals surface area contributed by atoms with E-state index in [0.717, 1.165) is 34.0 Å². The summed E-state index contributed by atoms with van der Waals surface area (Å²) < 4.78 is 0.907. The molecule has 3 aliphatic carbocycles. The third-order valence-corrected chi connectivity index (χ3v) is 6.61. The zero-order chi connectivity index (χ0) is 11.6. The summed E-state index contributed by atoms with van der Waals surface area (Å²) >= 11 is 7.71. The van der Waals surface area contributed by atoms with Gasteiger partial charge in [0.1, 0.15) is 0 Å². The maximum absolute atomic E-state index is 6.00. The minimum absolute atomic E-state index is 0.475. The Balaban J connectivity index is 1.43. The third-order valence-electron chi connectivity index (χ3n) is 5.20. The van der Waals surface area contributed by atoms with Crippen LogP contribution >= 0.6 is 22.9 Å². The summed E-state index contributed by atoms with van der Waals surface area (Å²) in [4.78, 5) is 1.38. The quantitative estimate of drug-likeness (QED) is 0.870. The van der Waals surface area contributed by atoms with Crippen molar-refractivity contribution in [2.24, 2.45) is 23.7 Å². The Hall–Kier alpha value is -0.0500. The van der Waals surface area contributed by atoms with Crippen molar-refractivity contribution in [1.29, 1.82) is 0 Å².